The third-order valence-corrected chi connectivity index (χ3v) is 2.66. The van der Waals surface area contributed by atoms with Gasteiger partial charge in [-0.3, -0.25) is 0 Å². The molecule has 0 amide bonds. The third-order valence-electron chi connectivity index (χ3n) is 1.78. The quantitative estimate of drug-likeness (QED) is 0.865. The van der Waals surface area contributed by atoms with Gasteiger partial charge in [-0.15, -0.1) is 0 Å². The van der Waals surface area contributed by atoms with Crippen molar-refractivity contribution in [3.63, 3.8) is 0 Å². The van der Waals surface area contributed by atoms with Crippen molar-refractivity contribution >= 4 is 33.5 Å². The van der Waals surface area contributed by atoms with Crippen LogP contribution >= 0.6 is 27.5 Å². The van der Waals surface area contributed by atoms with Gasteiger partial charge in [-0.1, -0.05) is 27.5 Å². The summed E-state index contributed by atoms with van der Waals surface area (Å²) in [6.07, 6.45) is 0. The largest absolute Gasteiger partial charge is 0.478 e. The fourth-order valence-corrected chi connectivity index (χ4v) is 1.99. The lowest BCUT2D eigenvalue weighted by Crippen LogP contribution is -2.08. The number of carbonyl (C=O) groups is 1. The first-order valence-corrected chi connectivity index (χ1v) is 5.52. The number of alkyl halides is 3. The van der Waals surface area contributed by atoms with Crippen LogP contribution in [0.25, 0.3) is 0 Å². The summed E-state index contributed by atoms with van der Waals surface area (Å²) in [6, 6.07) is 2.41. The highest BCUT2D eigenvalue weighted by atomic mass is 79.9. The first-order valence-electron chi connectivity index (χ1n) is 4.02. The summed E-state index contributed by atoms with van der Waals surface area (Å²) in [4.78, 5) is 10.9. The molecule has 16 heavy (non-hydrogen) atoms. The van der Waals surface area contributed by atoms with Crippen LogP contribution in [0.4, 0.5) is 8.78 Å². The number of benzene rings is 1. The molecule has 1 aromatic rings. The van der Waals surface area contributed by atoms with Crippen LogP contribution in [0, 0.1) is 0 Å². The maximum Gasteiger partial charge on any atom is 0.387 e. The summed E-state index contributed by atoms with van der Waals surface area (Å²) in [6.45, 7) is -3.01. The molecule has 0 aliphatic rings. The lowest BCUT2D eigenvalue weighted by atomic mass is 10.1. The van der Waals surface area contributed by atoms with Crippen LogP contribution in [0.1, 0.15) is 15.9 Å². The molecule has 0 saturated heterocycles. The van der Waals surface area contributed by atoms with Gasteiger partial charge in [-0.2, -0.15) is 8.78 Å². The van der Waals surface area contributed by atoms with Crippen molar-refractivity contribution in [1.82, 2.24) is 0 Å². The predicted octanol–water partition coefficient (Wildman–Crippen LogP) is 3.53. The topological polar surface area (TPSA) is 46.5 Å². The first kappa shape index (κ1) is 13.2. The number of carboxylic acid groups (broad SMARTS) is 1. The van der Waals surface area contributed by atoms with Gasteiger partial charge in [0.1, 0.15) is 5.75 Å². The molecule has 0 unspecified atom stereocenters. The maximum atomic E-state index is 12.1. The summed E-state index contributed by atoms with van der Waals surface area (Å²) in [5.41, 5.74) is -0.156. The molecule has 1 N–H and O–H groups in total. The number of carboxylic acids is 1. The Morgan fingerprint density at radius 3 is 2.62 bits per heavy atom. The smallest absolute Gasteiger partial charge is 0.387 e. The zero-order valence-electron chi connectivity index (χ0n) is 7.71. The summed E-state index contributed by atoms with van der Waals surface area (Å²) < 4.78 is 28.3. The van der Waals surface area contributed by atoms with Crippen molar-refractivity contribution in [2.24, 2.45) is 0 Å². The van der Waals surface area contributed by atoms with Gasteiger partial charge in [-0.05, 0) is 12.1 Å². The van der Waals surface area contributed by atoms with Crippen molar-refractivity contribution in [1.29, 1.82) is 0 Å². The van der Waals surface area contributed by atoms with Crippen LogP contribution in [0.15, 0.2) is 12.1 Å². The Morgan fingerprint density at radius 2 is 2.19 bits per heavy atom. The molecule has 7 heteroatoms. The number of ether oxygens (including phenoxy) is 1. The van der Waals surface area contributed by atoms with Crippen LogP contribution in [-0.4, -0.2) is 17.7 Å². The highest BCUT2D eigenvalue weighted by Gasteiger charge is 2.20. The van der Waals surface area contributed by atoms with Crippen LogP contribution in [-0.2, 0) is 5.33 Å². The van der Waals surface area contributed by atoms with E-state index in [1.807, 2.05) is 0 Å². The average molecular weight is 315 g/mol. The van der Waals surface area contributed by atoms with Gasteiger partial charge in [0.05, 0.1) is 10.6 Å². The second kappa shape index (κ2) is 5.45. The van der Waals surface area contributed by atoms with E-state index in [1.165, 1.54) is 12.1 Å². The van der Waals surface area contributed by atoms with Gasteiger partial charge in [0.25, 0.3) is 0 Å². The van der Waals surface area contributed by atoms with Crippen molar-refractivity contribution in [2.45, 2.75) is 11.9 Å². The molecule has 3 nitrogen and oxygen atoms in total. The van der Waals surface area contributed by atoms with E-state index in [0.717, 1.165) is 0 Å². The van der Waals surface area contributed by atoms with E-state index < -0.39 is 12.6 Å². The highest BCUT2D eigenvalue weighted by Crippen LogP contribution is 2.31. The van der Waals surface area contributed by atoms with E-state index in [0.29, 0.717) is 0 Å². The molecule has 0 bridgehead atoms. The van der Waals surface area contributed by atoms with Crippen LogP contribution in [0.5, 0.6) is 5.75 Å². The Morgan fingerprint density at radius 1 is 1.56 bits per heavy atom. The molecule has 0 saturated carbocycles. The van der Waals surface area contributed by atoms with Crippen LogP contribution < -0.4 is 4.74 Å². The molecule has 0 fully saturated rings. The van der Waals surface area contributed by atoms with Crippen molar-refractivity contribution in [3.8, 4) is 5.75 Å². The molecule has 0 heterocycles. The summed E-state index contributed by atoms with van der Waals surface area (Å²) >= 11 is 8.67. The Bertz CT molecular complexity index is 412. The molecule has 88 valence electrons. The standard InChI is InChI=1S/C9H6BrClF2O3/c10-3-4-6(16-9(12)13)2-1-5(11)7(4)8(14)15/h1-2,9H,3H2,(H,14,15). The van der Waals surface area contributed by atoms with Gasteiger partial charge in [0.15, 0.2) is 0 Å². The monoisotopic (exact) mass is 314 g/mol. The predicted molar refractivity (Wildman–Crippen MR) is 57.7 cm³/mol. The third kappa shape index (κ3) is 2.82. The number of hydrogen-bond acceptors (Lipinski definition) is 2. The highest BCUT2D eigenvalue weighted by molar-refractivity contribution is 9.08. The van der Waals surface area contributed by atoms with Crippen molar-refractivity contribution in [2.75, 3.05) is 0 Å². The summed E-state index contributed by atoms with van der Waals surface area (Å²) in [5, 5.41) is 8.92. The number of hydrogen-bond donors (Lipinski definition) is 1. The normalized spacial score (nSPS) is 10.6. The van der Waals surface area contributed by atoms with Gasteiger partial charge in [0.2, 0.25) is 0 Å². The molecule has 0 atom stereocenters. The minimum Gasteiger partial charge on any atom is -0.478 e. The Kier molecular flexibility index (Phi) is 4.49. The van der Waals surface area contributed by atoms with Gasteiger partial charge in [-0.25, -0.2) is 4.79 Å². The molecule has 0 aliphatic carbocycles. The molecule has 0 radical (unpaired) electrons. The fourth-order valence-electron chi connectivity index (χ4n) is 1.17. The summed E-state index contributed by atoms with van der Waals surface area (Å²) in [7, 11) is 0. The zero-order valence-corrected chi connectivity index (χ0v) is 10.1. The number of rotatable bonds is 4. The summed E-state index contributed by atoms with van der Waals surface area (Å²) in [5.74, 6) is -1.49. The van der Waals surface area contributed by atoms with E-state index in [4.69, 9.17) is 16.7 Å². The SMILES string of the molecule is O=C(O)c1c(Cl)ccc(OC(F)F)c1CBr. The van der Waals surface area contributed by atoms with Gasteiger partial charge in [0, 0.05) is 10.9 Å². The Balaban J connectivity index is 3.31. The average Bonchev–Trinajstić information content (AvgIpc) is 2.18. The van der Waals surface area contributed by atoms with Crippen molar-refractivity contribution in [3.05, 3.63) is 28.3 Å². The van der Waals surface area contributed by atoms with E-state index in [2.05, 4.69) is 20.7 Å². The zero-order chi connectivity index (χ0) is 12.3. The molecule has 1 aromatic carbocycles. The van der Waals surface area contributed by atoms with E-state index >= 15 is 0 Å². The fraction of sp³-hybridized carbons (Fsp3) is 0.222. The number of aromatic carboxylic acids is 1. The minimum absolute atomic E-state index is 0.0245. The molecule has 0 aliphatic heterocycles. The van der Waals surface area contributed by atoms with Gasteiger partial charge < -0.3 is 9.84 Å². The van der Waals surface area contributed by atoms with Crippen LogP contribution in [0.2, 0.25) is 5.02 Å². The Hall–Kier alpha value is -0.880. The minimum atomic E-state index is -3.01. The van der Waals surface area contributed by atoms with E-state index in [1.54, 1.807) is 0 Å². The second-order valence-electron chi connectivity index (χ2n) is 2.72. The molecule has 1 rings (SSSR count). The number of halogens is 4. The lowest BCUT2D eigenvalue weighted by Gasteiger charge is -2.12. The molecular formula is C9H6BrClF2O3. The first-order chi connectivity index (χ1) is 7.47. The second-order valence-corrected chi connectivity index (χ2v) is 3.68. The van der Waals surface area contributed by atoms with E-state index in [-0.39, 0.29) is 27.2 Å². The Labute approximate surface area is 103 Å². The van der Waals surface area contributed by atoms with Crippen LogP contribution in [0.3, 0.4) is 0 Å². The molecule has 0 spiro atoms. The van der Waals surface area contributed by atoms with Crippen molar-refractivity contribution < 1.29 is 23.4 Å². The van der Waals surface area contributed by atoms with E-state index in [9.17, 15) is 13.6 Å². The van der Waals surface area contributed by atoms with Gasteiger partial charge >= 0.3 is 12.6 Å². The molecule has 0 aromatic heterocycles. The maximum absolute atomic E-state index is 12.1. The molecular weight excluding hydrogens is 309 g/mol. The lowest BCUT2D eigenvalue weighted by molar-refractivity contribution is -0.0504.